The van der Waals surface area contributed by atoms with Crippen molar-refractivity contribution in [2.24, 2.45) is 0 Å². The second kappa shape index (κ2) is 6.12. The predicted octanol–water partition coefficient (Wildman–Crippen LogP) is 2.92. The van der Waals surface area contributed by atoms with Gasteiger partial charge in [0.1, 0.15) is 17.7 Å². The Labute approximate surface area is 135 Å². The number of aldehydes is 1. The summed E-state index contributed by atoms with van der Waals surface area (Å²) in [7, 11) is 0. The number of hydrogen-bond acceptors (Lipinski definition) is 4. The van der Waals surface area contributed by atoms with Crippen molar-refractivity contribution in [3.63, 3.8) is 0 Å². The van der Waals surface area contributed by atoms with Gasteiger partial charge in [0.2, 0.25) is 0 Å². The Bertz CT molecular complexity index is 634. The van der Waals surface area contributed by atoms with Crippen LogP contribution in [0.3, 0.4) is 0 Å². The third-order valence-corrected chi connectivity index (χ3v) is 3.57. The lowest BCUT2D eigenvalue weighted by atomic mass is 9.92. The highest BCUT2D eigenvalue weighted by atomic mass is 19.1. The molecule has 1 atom stereocenters. The SMILES string of the molecule is CC(C)(C)OC(=O)NN1CC(C=O)=C[C@]1(C)c1ccc(F)cc1. The maximum absolute atomic E-state index is 13.2. The number of hydrazine groups is 1. The Kier molecular flexibility index (Phi) is 4.56. The van der Waals surface area contributed by atoms with E-state index in [9.17, 15) is 14.0 Å². The summed E-state index contributed by atoms with van der Waals surface area (Å²) in [5, 5.41) is 1.61. The lowest BCUT2D eigenvalue weighted by Crippen LogP contribution is -2.52. The van der Waals surface area contributed by atoms with E-state index in [1.54, 1.807) is 44.0 Å². The third-order valence-electron chi connectivity index (χ3n) is 3.57. The molecule has 1 aromatic rings. The van der Waals surface area contributed by atoms with Crippen LogP contribution in [0.4, 0.5) is 9.18 Å². The average molecular weight is 320 g/mol. The first kappa shape index (κ1) is 17.1. The molecule has 0 aliphatic carbocycles. The van der Waals surface area contributed by atoms with E-state index in [1.165, 1.54) is 12.1 Å². The van der Waals surface area contributed by atoms with E-state index < -0.39 is 17.2 Å². The van der Waals surface area contributed by atoms with Crippen LogP contribution >= 0.6 is 0 Å². The number of benzene rings is 1. The molecule has 0 spiro atoms. The first-order valence-corrected chi connectivity index (χ1v) is 7.34. The summed E-state index contributed by atoms with van der Waals surface area (Å²) >= 11 is 0. The predicted molar refractivity (Wildman–Crippen MR) is 84.0 cm³/mol. The van der Waals surface area contributed by atoms with Crippen molar-refractivity contribution in [3.05, 3.63) is 47.3 Å². The molecule has 1 aliphatic rings. The van der Waals surface area contributed by atoms with Gasteiger partial charge in [-0.15, -0.1) is 0 Å². The van der Waals surface area contributed by atoms with E-state index in [-0.39, 0.29) is 12.4 Å². The Morgan fingerprint density at radius 2 is 1.96 bits per heavy atom. The minimum Gasteiger partial charge on any atom is -0.443 e. The van der Waals surface area contributed by atoms with Gasteiger partial charge in [0.25, 0.3) is 0 Å². The minimum atomic E-state index is -0.763. The zero-order valence-electron chi connectivity index (χ0n) is 13.7. The molecule has 0 saturated heterocycles. The van der Waals surface area contributed by atoms with Crippen LogP contribution in [0.2, 0.25) is 0 Å². The Balaban J connectivity index is 2.26. The normalized spacial score (nSPS) is 21.7. The van der Waals surface area contributed by atoms with Crippen molar-refractivity contribution < 1.29 is 18.7 Å². The van der Waals surface area contributed by atoms with Gasteiger partial charge < -0.3 is 4.74 Å². The maximum Gasteiger partial charge on any atom is 0.422 e. The summed E-state index contributed by atoms with van der Waals surface area (Å²) in [6, 6.07) is 5.95. The molecule has 1 aromatic carbocycles. The molecule has 0 saturated carbocycles. The van der Waals surface area contributed by atoms with E-state index in [0.29, 0.717) is 5.57 Å². The average Bonchev–Trinajstić information content (AvgIpc) is 2.75. The fourth-order valence-corrected chi connectivity index (χ4v) is 2.50. The van der Waals surface area contributed by atoms with Crippen LogP contribution in [0.1, 0.15) is 33.3 Å². The molecule has 0 unspecified atom stereocenters. The van der Waals surface area contributed by atoms with E-state index in [4.69, 9.17) is 4.74 Å². The fraction of sp³-hybridized carbons (Fsp3) is 0.412. The fourth-order valence-electron chi connectivity index (χ4n) is 2.50. The number of halogens is 1. The topological polar surface area (TPSA) is 58.6 Å². The van der Waals surface area contributed by atoms with E-state index in [1.807, 2.05) is 6.92 Å². The van der Waals surface area contributed by atoms with Crippen molar-refractivity contribution in [1.29, 1.82) is 0 Å². The summed E-state index contributed by atoms with van der Waals surface area (Å²) in [4.78, 5) is 23.2. The van der Waals surface area contributed by atoms with Crippen LogP contribution < -0.4 is 5.43 Å². The van der Waals surface area contributed by atoms with Crippen LogP contribution in [-0.4, -0.2) is 29.5 Å². The molecule has 1 amide bonds. The van der Waals surface area contributed by atoms with Crippen LogP contribution in [0.5, 0.6) is 0 Å². The lowest BCUT2D eigenvalue weighted by Gasteiger charge is -2.35. The largest absolute Gasteiger partial charge is 0.443 e. The highest BCUT2D eigenvalue weighted by Crippen LogP contribution is 2.34. The molecule has 23 heavy (non-hydrogen) atoms. The summed E-state index contributed by atoms with van der Waals surface area (Å²) in [5.41, 5.74) is 2.57. The Morgan fingerprint density at radius 3 is 2.48 bits per heavy atom. The second-order valence-corrected chi connectivity index (χ2v) is 6.69. The first-order chi connectivity index (χ1) is 10.6. The van der Waals surface area contributed by atoms with Gasteiger partial charge in [0, 0.05) is 12.1 Å². The standard InChI is InChI=1S/C17H21FN2O3/c1-16(2,3)23-15(22)19-20-10-12(11-21)9-17(20,4)13-5-7-14(18)8-6-13/h5-9,11H,10H2,1-4H3,(H,19,22)/t17-/m1/s1. The first-order valence-electron chi connectivity index (χ1n) is 7.34. The molecule has 5 nitrogen and oxygen atoms in total. The van der Waals surface area contributed by atoms with Gasteiger partial charge in [0.15, 0.2) is 0 Å². The minimum absolute atomic E-state index is 0.247. The molecule has 6 heteroatoms. The highest BCUT2D eigenvalue weighted by molar-refractivity contribution is 5.76. The van der Waals surface area contributed by atoms with Gasteiger partial charge in [-0.2, -0.15) is 5.01 Å². The van der Waals surface area contributed by atoms with E-state index >= 15 is 0 Å². The molecule has 1 heterocycles. The van der Waals surface area contributed by atoms with Gasteiger partial charge >= 0.3 is 6.09 Å². The molecule has 124 valence electrons. The molecule has 0 bridgehead atoms. The number of ether oxygens (including phenoxy) is 1. The van der Waals surface area contributed by atoms with Crippen molar-refractivity contribution in [2.75, 3.05) is 6.54 Å². The van der Waals surface area contributed by atoms with E-state index in [2.05, 4.69) is 5.43 Å². The number of carbonyl (C=O) groups excluding carboxylic acids is 2. The van der Waals surface area contributed by atoms with Crippen LogP contribution in [0.25, 0.3) is 0 Å². The molecule has 1 N–H and O–H groups in total. The molecule has 0 fully saturated rings. The summed E-state index contributed by atoms with van der Waals surface area (Å²) < 4.78 is 18.4. The lowest BCUT2D eigenvalue weighted by molar-refractivity contribution is -0.105. The summed E-state index contributed by atoms with van der Waals surface area (Å²) in [6.45, 7) is 7.39. The van der Waals surface area contributed by atoms with Gasteiger partial charge in [-0.05, 0) is 45.4 Å². The van der Waals surface area contributed by atoms with Crippen LogP contribution in [0.15, 0.2) is 35.9 Å². The second-order valence-electron chi connectivity index (χ2n) is 6.69. The van der Waals surface area contributed by atoms with Gasteiger partial charge in [0.05, 0.1) is 5.54 Å². The van der Waals surface area contributed by atoms with Crippen molar-refractivity contribution in [3.8, 4) is 0 Å². The van der Waals surface area contributed by atoms with Crippen molar-refractivity contribution in [2.45, 2.75) is 38.8 Å². The van der Waals surface area contributed by atoms with Crippen molar-refractivity contribution in [1.82, 2.24) is 10.4 Å². The smallest absolute Gasteiger partial charge is 0.422 e. The number of nitrogens with one attached hydrogen (secondary N) is 1. The van der Waals surface area contributed by atoms with Crippen LogP contribution in [-0.2, 0) is 15.1 Å². The molecule has 1 aliphatic heterocycles. The van der Waals surface area contributed by atoms with Crippen LogP contribution in [0, 0.1) is 5.82 Å². The Hall–Kier alpha value is -2.21. The Morgan fingerprint density at radius 1 is 1.35 bits per heavy atom. The number of hydrogen-bond donors (Lipinski definition) is 1. The highest BCUT2D eigenvalue weighted by Gasteiger charge is 2.39. The molecule has 0 radical (unpaired) electrons. The van der Waals surface area contributed by atoms with Crippen molar-refractivity contribution >= 4 is 12.4 Å². The summed E-state index contributed by atoms with van der Waals surface area (Å²) in [5.74, 6) is -0.346. The van der Waals surface area contributed by atoms with Gasteiger partial charge in [-0.25, -0.2) is 9.18 Å². The number of nitrogens with zero attached hydrogens (tertiary/aromatic N) is 1. The number of amides is 1. The third kappa shape index (κ3) is 3.96. The van der Waals surface area contributed by atoms with E-state index in [0.717, 1.165) is 11.8 Å². The monoisotopic (exact) mass is 320 g/mol. The molecule has 0 aromatic heterocycles. The maximum atomic E-state index is 13.2. The molecular weight excluding hydrogens is 299 g/mol. The molecular formula is C17H21FN2O3. The zero-order valence-corrected chi connectivity index (χ0v) is 13.7. The number of carbonyl (C=O) groups is 2. The number of rotatable bonds is 3. The van der Waals surface area contributed by atoms with Gasteiger partial charge in [-0.3, -0.25) is 10.2 Å². The van der Waals surface area contributed by atoms with Gasteiger partial charge in [-0.1, -0.05) is 18.2 Å². The zero-order chi connectivity index (χ0) is 17.3. The summed E-state index contributed by atoms with van der Waals surface area (Å²) in [6.07, 6.45) is 1.90. The molecule has 2 rings (SSSR count). The quantitative estimate of drug-likeness (QED) is 0.870.